The highest BCUT2D eigenvalue weighted by Gasteiger charge is 2.11. The maximum atomic E-state index is 12.7. The van der Waals surface area contributed by atoms with Gasteiger partial charge in [-0.25, -0.2) is 0 Å². The summed E-state index contributed by atoms with van der Waals surface area (Å²) in [5, 5.41) is 8.90. The molecular weight excluding hydrogens is 352 g/mol. The van der Waals surface area contributed by atoms with E-state index in [0.717, 1.165) is 28.2 Å². The minimum Gasteiger partial charge on any atom is -0.354 e. The molecule has 3 rings (SSSR count). The fourth-order valence-corrected chi connectivity index (χ4v) is 2.84. The molecule has 0 radical (unpaired) electrons. The molecule has 2 amide bonds. The van der Waals surface area contributed by atoms with E-state index in [4.69, 9.17) is 0 Å². The van der Waals surface area contributed by atoms with Crippen molar-refractivity contribution in [2.75, 3.05) is 16.0 Å². The second-order valence-corrected chi connectivity index (χ2v) is 6.57. The van der Waals surface area contributed by atoms with Gasteiger partial charge in [0, 0.05) is 30.2 Å². The summed E-state index contributed by atoms with van der Waals surface area (Å²) in [6.07, 6.45) is 3.19. The number of rotatable bonds is 5. The van der Waals surface area contributed by atoms with Gasteiger partial charge in [0.2, 0.25) is 5.91 Å². The van der Waals surface area contributed by atoms with Crippen LogP contribution in [0, 0.1) is 13.8 Å². The standard InChI is InChI=1S/C22H22N4O2/c1-14-5-4-6-15(2)21(14)26-22(28)17-11-20(13-23-12-17)25-19-9-7-18(8-10-19)24-16(3)27/h4-13,25H,1-3H3,(H,24,27)(H,26,28). The minimum absolute atomic E-state index is 0.118. The maximum absolute atomic E-state index is 12.7. The van der Waals surface area contributed by atoms with Crippen molar-refractivity contribution in [2.45, 2.75) is 20.8 Å². The Bertz CT molecular complexity index is 993. The third-order valence-corrected chi connectivity index (χ3v) is 4.21. The summed E-state index contributed by atoms with van der Waals surface area (Å²) in [4.78, 5) is 27.9. The second-order valence-electron chi connectivity index (χ2n) is 6.57. The Labute approximate surface area is 164 Å². The number of hydrogen-bond acceptors (Lipinski definition) is 4. The van der Waals surface area contributed by atoms with Crippen molar-refractivity contribution in [3.05, 3.63) is 77.6 Å². The van der Waals surface area contributed by atoms with Crippen molar-refractivity contribution in [3.63, 3.8) is 0 Å². The zero-order chi connectivity index (χ0) is 20.1. The van der Waals surface area contributed by atoms with E-state index < -0.39 is 0 Å². The van der Waals surface area contributed by atoms with E-state index in [9.17, 15) is 9.59 Å². The van der Waals surface area contributed by atoms with Gasteiger partial charge in [-0.15, -0.1) is 0 Å². The van der Waals surface area contributed by atoms with Gasteiger partial charge in [0.15, 0.2) is 0 Å². The average molecular weight is 374 g/mol. The Kier molecular flexibility index (Phi) is 5.69. The Morgan fingerprint density at radius 3 is 2.11 bits per heavy atom. The summed E-state index contributed by atoms with van der Waals surface area (Å²) in [5.74, 6) is -0.331. The van der Waals surface area contributed by atoms with Gasteiger partial charge in [-0.3, -0.25) is 14.6 Å². The molecule has 0 saturated carbocycles. The van der Waals surface area contributed by atoms with Crippen LogP contribution in [0.3, 0.4) is 0 Å². The number of aryl methyl sites for hydroxylation is 2. The third-order valence-electron chi connectivity index (χ3n) is 4.21. The molecule has 6 heteroatoms. The van der Waals surface area contributed by atoms with Crippen molar-refractivity contribution < 1.29 is 9.59 Å². The van der Waals surface area contributed by atoms with Gasteiger partial charge in [-0.2, -0.15) is 0 Å². The van der Waals surface area contributed by atoms with Crippen LogP contribution in [-0.4, -0.2) is 16.8 Å². The number of amides is 2. The molecule has 0 spiro atoms. The lowest BCUT2D eigenvalue weighted by Gasteiger charge is -2.12. The van der Waals surface area contributed by atoms with Crippen LogP contribution in [-0.2, 0) is 4.79 Å². The predicted octanol–water partition coefficient (Wildman–Crippen LogP) is 4.65. The predicted molar refractivity (Wildman–Crippen MR) is 112 cm³/mol. The summed E-state index contributed by atoms with van der Waals surface area (Å²) in [6, 6.07) is 14.9. The van der Waals surface area contributed by atoms with E-state index in [-0.39, 0.29) is 11.8 Å². The lowest BCUT2D eigenvalue weighted by atomic mass is 10.1. The normalized spacial score (nSPS) is 10.2. The van der Waals surface area contributed by atoms with Crippen molar-refractivity contribution in [3.8, 4) is 0 Å². The molecule has 0 unspecified atom stereocenters. The monoisotopic (exact) mass is 374 g/mol. The molecule has 2 aromatic carbocycles. The van der Waals surface area contributed by atoms with Gasteiger partial charge in [0.25, 0.3) is 5.91 Å². The maximum Gasteiger partial charge on any atom is 0.257 e. The number of pyridine rings is 1. The zero-order valence-corrected chi connectivity index (χ0v) is 16.0. The van der Waals surface area contributed by atoms with Crippen LogP contribution in [0.25, 0.3) is 0 Å². The molecule has 3 aromatic rings. The van der Waals surface area contributed by atoms with Crippen molar-refractivity contribution in [2.24, 2.45) is 0 Å². The summed E-state index contributed by atoms with van der Waals surface area (Å²) >= 11 is 0. The summed E-state index contributed by atoms with van der Waals surface area (Å²) < 4.78 is 0. The Balaban J connectivity index is 1.73. The van der Waals surface area contributed by atoms with Gasteiger partial charge in [0.1, 0.15) is 0 Å². The molecule has 1 aromatic heterocycles. The Morgan fingerprint density at radius 1 is 0.821 bits per heavy atom. The lowest BCUT2D eigenvalue weighted by molar-refractivity contribution is -0.114. The van der Waals surface area contributed by atoms with Gasteiger partial charge < -0.3 is 16.0 Å². The molecule has 0 saturated heterocycles. The van der Waals surface area contributed by atoms with E-state index in [1.54, 1.807) is 24.4 Å². The van der Waals surface area contributed by atoms with E-state index in [2.05, 4.69) is 20.9 Å². The fourth-order valence-electron chi connectivity index (χ4n) is 2.84. The smallest absolute Gasteiger partial charge is 0.257 e. The molecular formula is C22H22N4O2. The molecule has 28 heavy (non-hydrogen) atoms. The molecule has 1 heterocycles. The topological polar surface area (TPSA) is 83.1 Å². The van der Waals surface area contributed by atoms with Crippen LogP contribution in [0.4, 0.5) is 22.7 Å². The van der Waals surface area contributed by atoms with Crippen molar-refractivity contribution >= 4 is 34.6 Å². The van der Waals surface area contributed by atoms with Crippen LogP contribution in [0.1, 0.15) is 28.4 Å². The second kappa shape index (κ2) is 8.35. The van der Waals surface area contributed by atoms with E-state index in [0.29, 0.717) is 11.3 Å². The van der Waals surface area contributed by atoms with Gasteiger partial charge in [-0.05, 0) is 55.3 Å². The van der Waals surface area contributed by atoms with Crippen LogP contribution in [0.5, 0.6) is 0 Å². The summed E-state index contributed by atoms with van der Waals surface area (Å²) in [7, 11) is 0. The van der Waals surface area contributed by atoms with Crippen molar-refractivity contribution in [1.82, 2.24) is 4.98 Å². The Morgan fingerprint density at radius 2 is 1.46 bits per heavy atom. The molecule has 0 bridgehead atoms. The van der Waals surface area contributed by atoms with E-state index in [1.165, 1.54) is 13.1 Å². The van der Waals surface area contributed by atoms with Gasteiger partial charge >= 0.3 is 0 Å². The van der Waals surface area contributed by atoms with Gasteiger partial charge in [-0.1, -0.05) is 18.2 Å². The molecule has 0 aliphatic carbocycles. The molecule has 6 nitrogen and oxygen atoms in total. The Hall–Kier alpha value is -3.67. The first-order chi connectivity index (χ1) is 13.4. The molecule has 0 aliphatic rings. The molecule has 142 valence electrons. The largest absolute Gasteiger partial charge is 0.354 e. The highest BCUT2D eigenvalue weighted by Crippen LogP contribution is 2.22. The summed E-state index contributed by atoms with van der Waals surface area (Å²) in [6.45, 7) is 5.39. The number of hydrogen-bond donors (Lipinski definition) is 3. The van der Waals surface area contributed by atoms with Crippen LogP contribution in [0.2, 0.25) is 0 Å². The number of benzene rings is 2. The first-order valence-corrected chi connectivity index (χ1v) is 8.89. The zero-order valence-electron chi connectivity index (χ0n) is 16.0. The highest BCUT2D eigenvalue weighted by atomic mass is 16.2. The quantitative estimate of drug-likeness (QED) is 0.607. The first kappa shape index (κ1) is 19.1. The SMILES string of the molecule is CC(=O)Nc1ccc(Nc2cncc(C(=O)Nc3c(C)cccc3C)c2)cc1. The number of nitrogens with one attached hydrogen (secondary N) is 3. The van der Waals surface area contributed by atoms with Crippen LogP contribution < -0.4 is 16.0 Å². The van der Waals surface area contributed by atoms with Crippen LogP contribution >= 0.6 is 0 Å². The number of carbonyl (C=O) groups is 2. The third kappa shape index (κ3) is 4.73. The van der Waals surface area contributed by atoms with Crippen molar-refractivity contribution in [1.29, 1.82) is 0 Å². The number of para-hydroxylation sites is 1. The number of nitrogens with zero attached hydrogens (tertiary/aromatic N) is 1. The lowest BCUT2D eigenvalue weighted by Crippen LogP contribution is -2.14. The molecule has 3 N–H and O–H groups in total. The fraction of sp³-hybridized carbons (Fsp3) is 0.136. The summed E-state index contributed by atoms with van der Waals surface area (Å²) in [5.41, 5.74) is 5.54. The average Bonchev–Trinajstić information content (AvgIpc) is 2.66. The first-order valence-electron chi connectivity index (χ1n) is 8.89. The number of anilines is 4. The van der Waals surface area contributed by atoms with Gasteiger partial charge in [0.05, 0.1) is 17.4 Å². The van der Waals surface area contributed by atoms with E-state index >= 15 is 0 Å². The number of aromatic nitrogens is 1. The molecule has 0 fully saturated rings. The number of carbonyl (C=O) groups excluding carboxylic acids is 2. The molecule has 0 aliphatic heterocycles. The molecule has 0 atom stereocenters. The highest BCUT2D eigenvalue weighted by molar-refractivity contribution is 6.05. The van der Waals surface area contributed by atoms with E-state index in [1.807, 2.05) is 44.2 Å². The minimum atomic E-state index is -0.213. The van der Waals surface area contributed by atoms with Crippen LogP contribution in [0.15, 0.2) is 60.9 Å².